The molecule has 0 aliphatic heterocycles. The lowest BCUT2D eigenvalue weighted by Crippen LogP contribution is -2.49. The molecule has 0 heterocycles. The van der Waals surface area contributed by atoms with Crippen LogP contribution in [-0.4, -0.2) is 21.7 Å². The van der Waals surface area contributed by atoms with Gasteiger partial charge in [0.15, 0.2) is 0 Å². The Morgan fingerprint density at radius 1 is 1.32 bits per heavy atom. The van der Waals surface area contributed by atoms with Gasteiger partial charge in [-0.05, 0) is 56.3 Å². The first-order valence-electron chi connectivity index (χ1n) is 7.14. The number of oxime groups is 1. The lowest BCUT2D eigenvalue weighted by Gasteiger charge is -2.53. The van der Waals surface area contributed by atoms with Gasteiger partial charge in [0.05, 0.1) is 11.3 Å². The van der Waals surface area contributed by atoms with E-state index in [-0.39, 0.29) is 0 Å². The third-order valence-corrected chi connectivity index (χ3v) is 5.40. The largest absolute Gasteiger partial charge is 0.411 e. The molecule has 2 fully saturated rings. The number of hydrogen-bond acceptors (Lipinski definition) is 4. The Hall–Kier alpha value is -0.870. The molecule has 4 nitrogen and oxygen atoms in total. The summed E-state index contributed by atoms with van der Waals surface area (Å²) in [7, 11) is 0. The van der Waals surface area contributed by atoms with E-state index in [0.29, 0.717) is 29.4 Å². The molecule has 2 aliphatic rings. The quantitative estimate of drug-likeness (QED) is 0.387. The van der Waals surface area contributed by atoms with Gasteiger partial charge in [0, 0.05) is 0 Å². The summed E-state index contributed by atoms with van der Waals surface area (Å²) in [6, 6.07) is 0. The van der Waals surface area contributed by atoms with Crippen molar-refractivity contribution in [3.63, 3.8) is 0 Å². The van der Waals surface area contributed by atoms with Crippen LogP contribution in [0.1, 0.15) is 52.9 Å². The molecule has 19 heavy (non-hydrogen) atoms. The van der Waals surface area contributed by atoms with Crippen LogP contribution in [0, 0.1) is 17.3 Å². The molecule has 3 N–H and O–H groups in total. The lowest BCUT2D eigenvalue weighted by molar-refractivity contribution is -0.00532. The van der Waals surface area contributed by atoms with Gasteiger partial charge in [-0.2, -0.15) is 5.48 Å². The van der Waals surface area contributed by atoms with E-state index in [4.69, 9.17) is 0 Å². The summed E-state index contributed by atoms with van der Waals surface area (Å²) in [6.45, 7) is 10.7. The first kappa shape index (κ1) is 14.5. The summed E-state index contributed by atoms with van der Waals surface area (Å²) in [6.07, 6.45) is 4.49. The fraction of sp³-hybridized carbons (Fsp3) is 0.800. The standard InChI is InChI=1S/C15H26N2O2/c1-10-5-6-13(16-18)15(4,17-19)8-7-12-11(10)9-14(12,2)3/h11-12,17-19H,1,5-9H2,2-4H3/b16-13-/t11-,12-,15-/m1/s1. The van der Waals surface area contributed by atoms with Gasteiger partial charge in [0.2, 0.25) is 0 Å². The summed E-state index contributed by atoms with van der Waals surface area (Å²) in [5.41, 5.74) is 3.97. The van der Waals surface area contributed by atoms with Gasteiger partial charge >= 0.3 is 0 Å². The van der Waals surface area contributed by atoms with Crippen molar-refractivity contribution in [3.8, 4) is 0 Å². The highest BCUT2D eigenvalue weighted by Gasteiger charge is 2.49. The summed E-state index contributed by atoms with van der Waals surface area (Å²) in [5, 5.41) is 22.1. The van der Waals surface area contributed by atoms with Gasteiger partial charge in [-0.15, -0.1) is 0 Å². The first-order chi connectivity index (χ1) is 8.84. The minimum absolute atomic E-state index is 0.352. The van der Waals surface area contributed by atoms with Gasteiger partial charge in [-0.3, -0.25) is 0 Å². The third-order valence-electron chi connectivity index (χ3n) is 5.40. The Kier molecular flexibility index (Phi) is 3.76. The maximum atomic E-state index is 9.46. The fourth-order valence-electron chi connectivity index (χ4n) is 3.87. The second-order valence-electron chi connectivity index (χ2n) is 7.09. The van der Waals surface area contributed by atoms with Crippen LogP contribution in [0.5, 0.6) is 0 Å². The molecule has 0 spiro atoms. The lowest BCUT2D eigenvalue weighted by atomic mass is 9.52. The first-order valence-corrected chi connectivity index (χ1v) is 7.14. The Labute approximate surface area is 115 Å². The molecule has 0 bridgehead atoms. The van der Waals surface area contributed by atoms with Gasteiger partial charge in [-0.1, -0.05) is 31.2 Å². The van der Waals surface area contributed by atoms with Crippen molar-refractivity contribution in [2.75, 3.05) is 0 Å². The van der Waals surface area contributed by atoms with Crippen molar-refractivity contribution in [2.24, 2.45) is 22.4 Å². The summed E-state index contributed by atoms with van der Waals surface area (Å²) < 4.78 is 0. The zero-order valence-corrected chi connectivity index (χ0v) is 12.2. The Bertz CT molecular complexity index is 403. The summed E-state index contributed by atoms with van der Waals surface area (Å²) in [4.78, 5) is 0. The van der Waals surface area contributed by atoms with Gasteiger partial charge < -0.3 is 10.4 Å². The van der Waals surface area contributed by atoms with Gasteiger partial charge in [0.1, 0.15) is 0 Å². The minimum Gasteiger partial charge on any atom is -0.411 e. The zero-order valence-electron chi connectivity index (χ0n) is 12.2. The van der Waals surface area contributed by atoms with E-state index in [1.165, 1.54) is 12.0 Å². The maximum Gasteiger partial charge on any atom is 0.0815 e. The van der Waals surface area contributed by atoms with Crippen molar-refractivity contribution in [1.82, 2.24) is 5.48 Å². The number of hydroxylamine groups is 1. The van der Waals surface area contributed by atoms with Crippen LogP contribution >= 0.6 is 0 Å². The molecule has 0 aromatic carbocycles. The number of hydrogen-bond donors (Lipinski definition) is 3. The van der Waals surface area contributed by atoms with Crippen molar-refractivity contribution in [2.45, 2.75) is 58.4 Å². The molecule has 3 atom stereocenters. The molecule has 2 rings (SSSR count). The Morgan fingerprint density at radius 2 is 2.00 bits per heavy atom. The van der Waals surface area contributed by atoms with Crippen LogP contribution in [0.25, 0.3) is 0 Å². The second-order valence-corrected chi connectivity index (χ2v) is 7.09. The second kappa shape index (κ2) is 4.91. The predicted molar refractivity (Wildman–Crippen MR) is 75.5 cm³/mol. The van der Waals surface area contributed by atoms with Crippen molar-refractivity contribution in [3.05, 3.63) is 12.2 Å². The van der Waals surface area contributed by atoms with Crippen LogP contribution in [0.3, 0.4) is 0 Å². The average Bonchev–Trinajstić information content (AvgIpc) is 2.39. The monoisotopic (exact) mass is 266 g/mol. The van der Waals surface area contributed by atoms with Crippen LogP contribution in [0.15, 0.2) is 17.3 Å². The van der Waals surface area contributed by atoms with Crippen molar-refractivity contribution in [1.29, 1.82) is 0 Å². The molecular weight excluding hydrogens is 240 g/mol. The third kappa shape index (κ3) is 2.43. The molecule has 0 aromatic heterocycles. The number of nitrogens with zero attached hydrogens (tertiary/aromatic N) is 1. The van der Waals surface area contributed by atoms with Crippen LogP contribution in [0.4, 0.5) is 0 Å². The minimum atomic E-state index is -0.629. The van der Waals surface area contributed by atoms with E-state index in [1.54, 1.807) is 0 Å². The van der Waals surface area contributed by atoms with Gasteiger partial charge in [0.25, 0.3) is 0 Å². The molecule has 108 valence electrons. The van der Waals surface area contributed by atoms with E-state index in [0.717, 1.165) is 19.3 Å². The number of allylic oxidation sites excluding steroid dienone is 1. The maximum absolute atomic E-state index is 9.46. The van der Waals surface area contributed by atoms with E-state index in [2.05, 4.69) is 31.1 Å². The van der Waals surface area contributed by atoms with Crippen LogP contribution in [-0.2, 0) is 0 Å². The number of rotatable bonds is 1. The molecule has 0 radical (unpaired) electrons. The molecular formula is C15H26N2O2. The smallest absolute Gasteiger partial charge is 0.0815 e. The highest BCUT2D eigenvalue weighted by molar-refractivity contribution is 5.92. The van der Waals surface area contributed by atoms with E-state index in [9.17, 15) is 10.4 Å². The Morgan fingerprint density at radius 3 is 2.53 bits per heavy atom. The molecule has 4 heteroatoms. The number of fused-ring (bicyclic) bond motifs is 1. The van der Waals surface area contributed by atoms with Crippen LogP contribution in [0.2, 0.25) is 0 Å². The topological polar surface area (TPSA) is 64.9 Å². The molecule has 0 aromatic rings. The van der Waals surface area contributed by atoms with E-state index < -0.39 is 5.54 Å². The zero-order chi connectivity index (χ0) is 14.3. The molecule has 2 saturated carbocycles. The molecule has 0 saturated heterocycles. The van der Waals surface area contributed by atoms with Gasteiger partial charge in [-0.25, -0.2) is 0 Å². The van der Waals surface area contributed by atoms with E-state index >= 15 is 0 Å². The Balaban J connectivity index is 2.24. The SMILES string of the molecule is C=C1CC/C(=N/O)[C@](C)(NO)CC[C@@H]2[C@@H]1CC2(C)C. The summed E-state index contributed by atoms with van der Waals surface area (Å²) in [5.74, 6) is 1.21. The average molecular weight is 266 g/mol. The highest BCUT2D eigenvalue weighted by Crippen LogP contribution is 2.56. The molecule has 0 unspecified atom stereocenters. The highest BCUT2D eigenvalue weighted by atomic mass is 16.5. The molecule has 2 aliphatic carbocycles. The van der Waals surface area contributed by atoms with Crippen molar-refractivity contribution >= 4 is 5.71 Å². The summed E-state index contributed by atoms with van der Waals surface area (Å²) >= 11 is 0. The fourth-order valence-corrected chi connectivity index (χ4v) is 3.87. The number of nitrogens with one attached hydrogen (secondary N) is 1. The van der Waals surface area contributed by atoms with Crippen molar-refractivity contribution < 1.29 is 10.4 Å². The molecule has 0 amide bonds. The van der Waals surface area contributed by atoms with Crippen LogP contribution < -0.4 is 5.48 Å². The van der Waals surface area contributed by atoms with E-state index in [1.807, 2.05) is 6.92 Å². The predicted octanol–water partition coefficient (Wildman–Crippen LogP) is 3.35. The normalized spacial score (nSPS) is 40.8.